The summed E-state index contributed by atoms with van der Waals surface area (Å²) in [6, 6.07) is 20.0. The van der Waals surface area contributed by atoms with Crippen molar-refractivity contribution in [1.29, 1.82) is 0 Å². The van der Waals surface area contributed by atoms with Crippen molar-refractivity contribution in [3.63, 3.8) is 0 Å². The minimum atomic E-state index is -0.363. The van der Waals surface area contributed by atoms with Gasteiger partial charge in [-0.3, -0.25) is 9.69 Å². The van der Waals surface area contributed by atoms with E-state index in [0.717, 1.165) is 80.2 Å². The lowest BCUT2D eigenvalue weighted by Gasteiger charge is -2.36. The first-order valence-electron chi connectivity index (χ1n) is 16.8. The molecule has 1 aromatic heterocycles. The van der Waals surface area contributed by atoms with Crippen LogP contribution in [-0.4, -0.2) is 86.1 Å². The number of nitrogens with zero attached hydrogens (tertiary/aromatic N) is 5. The van der Waals surface area contributed by atoms with Gasteiger partial charge in [-0.05, 0) is 107 Å². The molecule has 0 atom stereocenters. The second-order valence-electron chi connectivity index (χ2n) is 12.6. The van der Waals surface area contributed by atoms with Crippen molar-refractivity contribution in [3.8, 4) is 17.4 Å². The van der Waals surface area contributed by atoms with Crippen LogP contribution >= 0.6 is 0 Å². The SMILES string of the molecule is CCCc1ccc(Oc2nc(Nc3ccc(N4CCN(CCCN(C)C)CC4)cc3)ncc2C(=O)Nc2c(C)cccc2C)c(OC)c1. The number of para-hydroxylation sites is 1. The Hall–Kier alpha value is -4.67. The van der Waals surface area contributed by atoms with Crippen LogP contribution in [0.1, 0.15) is 46.8 Å². The lowest BCUT2D eigenvalue weighted by atomic mass is 10.1. The lowest BCUT2D eigenvalue weighted by Crippen LogP contribution is -2.46. The third-order valence-electron chi connectivity index (χ3n) is 8.63. The Morgan fingerprint density at radius 3 is 2.35 bits per heavy atom. The summed E-state index contributed by atoms with van der Waals surface area (Å²) in [7, 11) is 5.86. The summed E-state index contributed by atoms with van der Waals surface area (Å²) >= 11 is 0. The summed E-state index contributed by atoms with van der Waals surface area (Å²) in [5.41, 5.74) is 6.05. The van der Waals surface area contributed by atoms with Gasteiger partial charge in [-0.15, -0.1) is 0 Å². The molecule has 5 rings (SSSR count). The van der Waals surface area contributed by atoms with Gasteiger partial charge in [-0.1, -0.05) is 37.6 Å². The van der Waals surface area contributed by atoms with Gasteiger partial charge in [-0.2, -0.15) is 4.98 Å². The van der Waals surface area contributed by atoms with Crippen LogP contribution < -0.4 is 25.0 Å². The number of ether oxygens (including phenoxy) is 2. The minimum absolute atomic E-state index is 0.123. The minimum Gasteiger partial charge on any atom is -0.493 e. The first-order chi connectivity index (χ1) is 23.2. The summed E-state index contributed by atoms with van der Waals surface area (Å²) in [6.45, 7) is 12.5. The third-order valence-corrected chi connectivity index (χ3v) is 8.63. The fourth-order valence-electron chi connectivity index (χ4n) is 5.92. The van der Waals surface area contributed by atoms with Crippen LogP contribution in [0, 0.1) is 13.8 Å². The molecule has 1 aliphatic heterocycles. The van der Waals surface area contributed by atoms with E-state index < -0.39 is 0 Å². The fourth-order valence-corrected chi connectivity index (χ4v) is 5.92. The quantitative estimate of drug-likeness (QED) is 0.151. The number of hydrogen-bond acceptors (Lipinski definition) is 9. The Labute approximate surface area is 285 Å². The van der Waals surface area contributed by atoms with Crippen LogP contribution in [-0.2, 0) is 6.42 Å². The summed E-state index contributed by atoms with van der Waals surface area (Å²) in [5.74, 6) is 1.11. The number of anilines is 4. The summed E-state index contributed by atoms with van der Waals surface area (Å²) in [4.78, 5) is 30.1. The number of methoxy groups -OCH3 is 1. The molecule has 10 nitrogen and oxygen atoms in total. The van der Waals surface area contributed by atoms with E-state index >= 15 is 0 Å². The number of hydrogen-bond donors (Lipinski definition) is 2. The molecule has 0 unspecified atom stereocenters. The zero-order chi connectivity index (χ0) is 34.0. The van der Waals surface area contributed by atoms with Gasteiger partial charge >= 0.3 is 0 Å². The maximum Gasteiger partial charge on any atom is 0.262 e. The van der Waals surface area contributed by atoms with Gasteiger partial charge in [0.15, 0.2) is 11.5 Å². The van der Waals surface area contributed by atoms with Crippen LogP contribution in [0.25, 0.3) is 0 Å². The molecule has 2 heterocycles. The lowest BCUT2D eigenvalue weighted by molar-refractivity contribution is 0.102. The molecule has 2 N–H and O–H groups in total. The average molecular weight is 652 g/mol. The van der Waals surface area contributed by atoms with E-state index in [1.54, 1.807) is 7.11 Å². The normalized spacial score (nSPS) is 13.4. The van der Waals surface area contributed by atoms with Gasteiger partial charge in [0, 0.05) is 49.4 Å². The van der Waals surface area contributed by atoms with Crippen LogP contribution in [0.2, 0.25) is 0 Å². The highest BCUT2D eigenvalue weighted by molar-refractivity contribution is 6.06. The van der Waals surface area contributed by atoms with Gasteiger partial charge in [0.25, 0.3) is 5.91 Å². The smallest absolute Gasteiger partial charge is 0.262 e. The van der Waals surface area contributed by atoms with Gasteiger partial charge in [-0.25, -0.2) is 4.98 Å². The zero-order valence-corrected chi connectivity index (χ0v) is 29.2. The Morgan fingerprint density at radius 1 is 0.958 bits per heavy atom. The molecule has 1 fully saturated rings. The van der Waals surface area contributed by atoms with E-state index in [2.05, 4.69) is 68.5 Å². The topological polar surface area (TPSA) is 95.1 Å². The van der Waals surface area contributed by atoms with Crippen molar-refractivity contribution < 1.29 is 14.3 Å². The molecule has 0 saturated carbocycles. The summed E-state index contributed by atoms with van der Waals surface area (Å²) < 4.78 is 12.0. The number of carbonyl (C=O) groups is 1. The monoisotopic (exact) mass is 651 g/mol. The molecule has 10 heteroatoms. The maximum atomic E-state index is 13.6. The van der Waals surface area contributed by atoms with Crippen molar-refractivity contribution in [2.45, 2.75) is 40.0 Å². The molecule has 4 aromatic rings. The Kier molecular flexibility index (Phi) is 11.9. The Balaban J connectivity index is 1.33. The van der Waals surface area contributed by atoms with Crippen molar-refractivity contribution in [3.05, 3.63) is 89.1 Å². The number of rotatable bonds is 14. The number of piperazine rings is 1. The van der Waals surface area contributed by atoms with E-state index in [4.69, 9.17) is 9.47 Å². The predicted octanol–water partition coefficient (Wildman–Crippen LogP) is 6.92. The number of aryl methyl sites for hydroxylation is 3. The van der Waals surface area contributed by atoms with E-state index in [9.17, 15) is 4.79 Å². The van der Waals surface area contributed by atoms with Crippen LogP contribution in [0.5, 0.6) is 17.4 Å². The third kappa shape index (κ3) is 9.02. The van der Waals surface area contributed by atoms with Crippen LogP contribution in [0.3, 0.4) is 0 Å². The van der Waals surface area contributed by atoms with E-state index in [0.29, 0.717) is 17.4 Å². The molecule has 48 heavy (non-hydrogen) atoms. The molecular weight excluding hydrogens is 602 g/mol. The number of benzene rings is 3. The molecule has 1 saturated heterocycles. The van der Waals surface area contributed by atoms with Crippen molar-refractivity contribution in [2.24, 2.45) is 0 Å². The highest BCUT2D eigenvalue weighted by Crippen LogP contribution is 2.34. The van der Waals surface area contributed by atoms with Crippen LogP contribution in [0.15, 0.2) is 66.9 Å². The first kappa shape index (κ1) is 34.7. The van der Waals surface area contributed by atoms with Crippen molar-refractivity contribution in [2.75, 3.05) is 76.0 Å². The van der Waals surface area contributed by atoms with Crippen molar-refractivity contribution >= 4 is 28.9 Å². The van der Waals surface area contributed by atoms with Gasteiger partial charge in [0.2, 0.25) is 11.8 Å². The fraction of sp³-hybridized carbons (Fsp3) is 0.395. The molecule has 254 valence electrons. The Bertz CT molecular complexity index is 1650. The molecule has 0 radical (unpaired) electrons. The highest BCUT2D eigenvalue weighted by atomic mass is 16.5. The molecule has 0 aliphatic carbocycles. The number of nitrogens with one attached hydrogen (secondary N) is 2. The molecule has 0 spiro atoms. The summed E-state index contributed by atoms with van der Waals surface area (Å²) in [5, 5.41) is 6.33. The Morgan fingerprint density at radius 2 is 1.69 bits per heavy atom. The van der Waals surface area contributed by atoms with Gasteiger partial charge < -0.3 is 29.9 Å². The molecule has 3 aromatic carbocycles. The largest absolute Gasteiger partial charge is 0.493 e. The average Bonchev–Trinajstić information content (AvgIpc) is 3.08. The number of aromatic nitrogens is 2. The highest BCUT2D eigenvalue weighted by Gasteiger charge is 2.21. The van der Waals surface area contributed by atoms with Gasteiger partial charge in [0.1, 0.15) is 5.56 Å². The van der Waals surface area contributed by atoms with Crippen LogP contribution in [0.4, 0.5) is 23.0 Å². The first-order valence-corrected chi connectivity index (χ1v) is 16.8. The van der Waals surface area contributed by atoms with Gasteiger partial charge in [0.05, 0.1) is 7.11 Å². The maximum absolute atomic E-state index is 13.6. The molecule has 1 aliphatic rings. The number of carbonyl (C=O) groups excluding carboxylic acids is 1. The van der Waals surface area contributed by atoms with Crippen molar-refractivity contribution in [1.82, 2.24) is 19.8 Å². The summed E-state index contributed by atoms with van der Waals surface area (Å²) in [6.07, 6.45) is 4.63. The second-order valence-corrected chi connectivity index (χ2v) is 12.6. The molecular formula is C38H49N7O3. The standard InChI is InChI=1S/C38H49N7O3/c1-7-10-29-13-18-33(34(25-29)47-6)48-37-32(36(46)41-35-27(2)11-8-12-28(35)3)26-39-38(42-37)40-30-14-16-31(17-15-30)45-23-21-44(22-24-45)20-9-19-43(4)5/h8,11-18,25-26H,7,9-10,19-24H2,1-6H3,(H,41,46)(H,39,40,42). The zero-order valence-electron chi connectivity index (χ0n) is 29.2. The van der Waals surface area contributed by atoms with E-state index in [1.807, 2.05) is 62.4 Å². The van der Waals surface area contributed by atoms with E-state index in [1.165, 1.54) is 18.3 Å². The second kappa shape index (κ2) is 16.4. The van der Waals surface area contributed by atoms with E-state index in [-0.39, 0.29) is 17.4 Å². The molecule has 1 amide bonds. The number of amides is 1. The predicted molar refractivity (Wildman–Crippen MR) is 195 cm³/mol. The molecule has 0 bridgehead atoms.